The Morgan fingerprint density at radius 2 is 2.20 bits per heavy atom. The first-order valence-corrected chi connectivity index (χ1v) is 11.3. The van der Waals surface area contributed by atoms with Crippen molar-refractivity contribution < 1.29 is 24.1 Å². The Bertz CT molecular complexity index is 724. The summed E-state index contributed by atoms with van der Waals surface area (Å²) in [6.07, 6.45) is 5.82. The van der Waals surface area contributed by atoms with Crippen LogP contribution >= 0.6 is 11.6 Å². The van der Waals surface area contributed by atoms with Gasteiger partial charge in [-0.05, 0) is 56.7 Å². The first-order chi connectivity index (χ1) is 14.5. The van der Waals surface area contributed by atoms with Crippen molar-refractivity contribution >= 4 is 17.5 Å². The summed E-state index contributed by atoms with van der Waals surface area (Å²) in [7, 11) is 1.44. The highest BCUT2D eigenvalue weighted by molar-refractivity contribution is 6.33. The smallest absolute Gasteiger partial charge is 0.258 e. The van der Waals surface area contributed by atoms with Gasteiger partial charge in [0.25, 0.3) is 5.91 Å². The second-order valence-electron chi connectivity index (χ2n) is 7.84. The molecular formula is C22H33ClN2O5. The van der Waals surface area contributed by atoms with E-state index in [4.69, 9.17) is 25.8 Å². The average molecular weight is 441 g/mol. The molecule has 2 heterocycles. The molecule has 2 aliphatic heterocycles. The van der Waals surface area contributed by atoms with Crippen molar-refractivity contribution in [2.45, 2.75) is 57.8 Å². The summed E-state index contributed by atoms with van der Waals surface area (Å²) in [5, 5.41) is 13.8. The lowest BCUT2D eigenvalue weighted by Gasteiger charge is -2.27. The molecule has 1 aromatic carbocycles. The van der Waals surface area contributed by atoms with Gasteiger partial charge in [-0.25, -0.2) is 0 Å². The van der Waals surface area contributed by atoms with Crippen LogP contribution < -0.4 is 10.1 Å². The summed E-state index contributed by atoms with van der Waals surface area (Å²) in [6, 6.07) is 1.88. The highest BCUT2D eigenvalue weighted by Gasteiger charge is 2.27. The molecule has 8 heteroatoms. The summed E-state index contributed by atoms with van der Waals surface area (Å²) in [5.41, 5.74) is 0.722. The topological polar surface area (TPSA) is 80.3 Å². The third kappa shape index (κ3) is 5.58. The molecule has 1 amide bonds. The lowest BCUT2D eigenvalue weighted by molar-refractivity contribution is -0.164. The number of phenols is 1. The molecule has 2 aliphatic rings. The van der Waals surface area contributed by atoms with E-state index in [1.807, 2.05) is 6.92 Å². The number of phenolic OH excluding ortho intramolecular Hbond substituents is 1. The number of amides is 1. The number of aromatic hydroxyl groups is 1. The maximum atomic E-state index is 12.9. The van der Waals surface area contributed by atoms with Crippen LogP contribution in [-0.4, -0.2) is 68.2 Å². The zero-order chi connectivity index (χ0) is 21.5. The first kappa shape index (κ1) is 23.1. The summed E-state index contributed by atoms with van der Waals surface area (Å²) in [4.78, 5) is 15.2. The minimum atomic E-state index is -0.375. The summed E-state index contributed by atoms with van der Waals surface area (Å²) < 4.78 is 16.8. The average Bonchev–Trinajstić information content (AvgIpc) is 3.21. The zero-order valence-corrected chi connectivity index (χ0v) is 18.7. The summed E-state index contributed by atoms with van der Waals surface area (Å²) >= 11 is 6.25. The van der Waals surface area contributed by atoms with Crippen molar-refractivity contribution in [2.24, 2.45) is 0 Å². The number of hydrogen-bond donors (Lipinski definition) is 2. The van der Waals surface area contributed by atoms with E-state index in [-0.39, 0.29) is 35.3 Å². The van der Waals surface area contributed by atoms with Gasteiger partial charge in [-0.3, -0.25) is 9.69 Å². The monoisotopic (exact) mass is 440 g/mol. The van der Waals surface area contributed by atoms with Crippen LogP contribution in [0.4, 0.5) is 0 Å². The molecule has 2 fully saturated rings. The van der Waals surface area contributed by atoms with Crippen LogP contribution in [-0.2, 0) is 15.9 Å². The van der Waals surface area contributed by atoms with E-state index in [1.54, 1.807) is 6.07 Å². The second-order valence-corrected chi connectivity index (χ2v) is 8.24. The number of aryl methyl sites for hydroxylation is 1. The van der Waals surface area contributed by atoms with E-state index in [1.165, 1.54) is 7.11 Å². The van der Waals surface area contributed by atoms with E-state index in [9.17, 15) is 9.90 Å². The maximum Gasteiger partial charge on any atom is 0.258 e. The number of benzene rings is 1. The number of likely N-dealkylation sites (tertiary alicyclic amines) is 1. The molecule has 30 heavy (non-hydrogen) atoms. The Morgan fingerprint density at radius 1 is 1.37 bits per heavy atom. The number of rotatable bonds is 9. The standard InChI is InChI=1S/C22H33ClN2O5/c1-3-15-13-17(23)21(28-2)19(20(15)26)22(27)24-14-16-7-6-9-25(16)10-12-30-18-8-4-5-11-29-18/h13,16,18,26H,3-12,14H2,1-2H3,(H,24,27)/t16-,18?/m0/s1. The minimum absolute atomic E-state index is 0.0691. The molecule has 0 saturated carbocycles. The quantitative estimate of drug-likeness (QED) is 0.613. The zero-order valence-electron chi connectivity index (χ0n) is 17.9. The highest BCUT2D eigenvalue weighted by atomic mass is 35.5. The lowest BCUT2D eigenvalue weighted by Crippen LogP contribution is -2.42. The van der Waals surface area contributed by atoms with Gasteiger partial charge < -0.3 is 24.6 Å². The number of carbonyl (C=O) groups is 1. The van der Waals surface area contributed by atoms with Gasteiger partial charge in [0.1, 0.15) is 11.3 Å². The molecule has 0 radical (unpaired) electrons. The number of methoxy groups -OCH3 is 1. The van der Waals surface area contributed by atoms with Gasteiger partial charge in [-0.1, -0.05) is 18.5 Å². The Kier molecular flexibility index (Phi) is 8.62. The molecule has 2 atom stereocenters. The van der Waals surface area contributed by atoms with Gasteiger partial charge in [0.05, 0.1) is 18.7 Å². The van der Waals surface area contributed by atoms with E-state index in [2.05, 4.69) is 10.2 Å². The van der Waals surface area contributed by atoms with Crippen molar-refractivity contribution in [3.63, 3.8) is 0 Å². The van der Waals surface area contributed by atoms with Gasteiger partial charge >= 0.3 is 0 Å². The van der Waals surface area contributed by atoms with Crippen LogP contribution in [0.5, 0.6) is 11.5 Å². The number of ether oxygens (including phenoxy) is 3. The fourth-order valence-electron chi connectivity index (χ4n) is 4.22. The van der Waals surface area contributed by atoms with Gasteiger partial charge in [-0.15, -0.1) is 0 Å². The number of nitrogens with one attached hydrogen (secondary N) is 1. The van der Waals surface area contributed by atoms with E-state index < -0.39 is 0 Å². The molecule has 0 aliphatic carbocycles. The molecular weight excluding hydrogens is 408 g/mol. The van der Waals surface area contributed by atoms with Crippen molar-refractivity contribution in [3.8, 4) is 11.5 Å². The van der Waals surface area contributed by atoms with Crippen LogP contribution in [0, 0.1) is 0 Å². The molecule has 0 spiro atoms. The summed E-state index contributed by atoms with van der Waals surface area (Å²) in [5.74, 6) is -0.242. The van der Waals surface area contributed by atoms with Gasteiger partial charge in [0.15, 0.2) is 12.0 Å². The van der Waals surface area contributed by atoms with E-state index in [0.717, 1.165) is 51.8 Å². The van der Waals surface area contributed by atoms with Crippen molar-refractivity contribution in [1.29, 1.82) is 0 Å². The number of halogens is 1. The minimum Gasteiger partial charge on any atom is -0.507 e. The number of carbonyl (C=O) groups excluding carboxylic acids is 1. The molecule has 168 valence electrons. The Morgan fingerprint density at radius 3 is 2.90 bits per heavy atom. The van der Waals surface area contributed by atoms with Gasteiger partial charge in [0, 0.05) is 25.7 Å². The third-order valence-electron chi connectivity index (χ3n) is 5.92. The molecule has 1 unspecified atom stereocenters. The second kappa shape index (κ2) is 11.2. The molecule has 0 bridgehead atoms. The van der Waals surface area contributed by atoms with Crippen LogP contribution in [0.25, 0.3) is 0 Å². The Hall–Kier alpha value is -1.54. The highest BCUT2D eigenvalue weighted by Crippen LogP contribution is 2.38. The van der Waals surface area contributed by atoms with Crippen LogP contribution in [0.2, 0.25) is 5.02 Å². The fourth-order valence-corrected chi connectivity index (χ4v) is 4.52. The lowest BCUT2D eigenvalue weighted by atomic mass is 10.0. The molecule has 7 nitrogen and oxygen atoms in total. The van der Waals surface area contributed by atoms with Crippen LogP contribution in [0.15, 0.2) is 6.07 Å². The van der Waals surface area contributed by atoms with Crippen molar-refractivity contribution in [2.75, 3.05) is 40.0 Å². The molecule has 2 saturated heterocycles. The van der Waals surface area contributed by atoms with Crippen LogP contribution in [0.1, 0.15) is 54.9 Å². The molecule has 0 aromatic heterocycles. The molecule has 1 aromatic rings. The largest absolute Gasteiger partial charge is 0.507 e. The van der Waals surface area contributed by atoms with Gasteiger partial charge in [-0.2, -0.15) is 0 Å². The van der Waals surface area contributed by atoms with E-state index in [0.29, 0.717) is 30.2 Å². The van der Waals surface area contributed by atoms with Crippen LogP contribution in [0.3, 0.4) is 0 Å². The Balaban J connectivity index is 1.55. The molecule has 3 rings (SSSR count). The predicted molar refractivity (Wildman–Crippen MR) is 116 cm³/mol. The van der Waals surface area contributed by atoms with Crippen molar-refractivity contribution in [1.82, 2.24) is 10.2 Å². The molecule has 2 N–H and O–H groups in total. The maximum absolute atomic E-state index is 12.9. The van der Waals surface area contributed by atoms with Crippen molar-refractivity contribution in [3.05, 3.63) is 22.2 Å². The number of hydrogen-bond acceptors (Lipinski definition) is 6. The fraction of sp³-hybridized carbons (Fsp3) is 0.682. The van der Waals surface area contributed by atoms with Gasteiger partial charge in [0.2, 0.25) is 0 Å². The number of nitrogens with zero attached hydrogens (tertiary/aromatic N) is 1. The third-order valence-corrected chi connectivity index (χ3v) is 6.20. The normalized spacial score (nSPS) is 22.2. The van der Waals surface area contributed by atoms with E-state index >= 15 is 0 Å². The SMILES string of the molecule is CCc1cc(Cl)c(OC)c(C(=O)NC[C@@H]2CCCN2CCOC2CCCCO2)c1O. The Labute approximate surface area is 183 Å². The predicted octanol–water partition coefficient (Wildman–Crippen LogP) is 3.35. The summed E-state index contributed by atoms with van der Waals surface area (Å²) in [6.45, 7) is 5.60. The first-order valence-electron chi connectivity index (χ1n) is 10.9.